The monoisotopic (exact) mass is 285 g/mol. The van der Waals surface area contributed by atoms with Crippen LogP contribution in [0.4, 0.5) is 0 Å². The molecule has 0 aromatic carbocycles. The van der Waals surface area contributed by atoms with E-state index >= 15 is 0 Å². The molecule has 0 saturated carbocycles. The van der Waals surface area contributed by atoms with Gasteiger partial charge >= 0.3 is 8.25 Å². The highest BCUT2D eigenvalue weighted by atomic mass is 35.5. The van der Waals surface area contributed by atoms with Crippen LogP contribution in [0.3, 0.4) is 0 Å². The van der Waals surface area contributed by atoms with Gasteiger partial charge in [0, 0.05) is 4.57 Å². The predicted molar refractivity (Wildman–Crippen MR) is 59.7 cm³/mol. The molecule has 0 aliphatic carbocycles. The SMILES string of the molecule is Cl.Cl.O=[P+](On1cccn1)On1cccn1. The van der Waals surface area contributed by atoms with Crippen molar-refractivity contribution in [1.29, 1.82) is 0 Å². The van der Waals surface area contributed by atoms with E-state index in [1.165, 1.54) is 24.8 Å². The molecular weight excluding hydrogens is 278 g/mol. The second-order valence-corrected chi connectivity index (χ2v) is 2.98. The van der Waals surface area contributed by atoms with Gasteiger partial charge in [0.25, 0.3) is 0 Å². The molecule has 0 amide bonds. The molecule has 0 spiro atoms. The fraction of sp³-hybridized carbons (Fsp3) is 0. The second kappa shape index (κ2) is 7.05. The largest absolute Gasteiger partial charge is 0.851 e. The van der Waals surface area contributed by atoms with E-state index in [1.807, 2.05) is 0 Å². The van der Waals surface area contributed by atoms with E-state index in [0.717, 1.165) is 9.69 Å². The molecule has 0 saturated heterocycles. The summed E-state index contributed by atoms with van der Waals surface area (Å²) in [5, 5.41) is 7.37. The summed E-state index contributed by atoms with van der Waals surface area (Å²) in [6.45, 7) is 0. The number of halogens is 2. The Balaban J connectivity index is 0.00000112. The van der Waals surface area contributed by atoms with Crippen LogP contribution in [0.1, 0.15) is 0 Å². The van der Waals surface area contributed by atoms with Crippen molar-refractivity contribution in [2.24, 2.45) is 0 Å². The fourth-order valence-corrected chi connectivity index (χ4v) is 1.25. The van der Waals surface area contributed by atoms with Crippen molar-refractivity contribution >= 4 is 33.1 Å². The van der Waals surface area contributed by atoms with Gasteiger partial charge in [-0.3, -0.25) is 0 Å². The zero-order chi connectivity index (χ0) is 9.80. The predicted octanol–water partition coefficient (Wildman–Crippen LogP) is 1.14. The zero-order valence-electron chi connectivity index (χ0n) is 7.74. The summed E-state index contributed by atoms with van der Waals surface area (Å²) >= 11 is 0. The van der Waals surface area contributed by atoms with Crippen LogP contribution < -0.4 is 9.25 Å². The first-order valence-electron chi connectivity index (χ1n) is 3.68. The quantitative estimate of drug-likeness (QED) is 0.788. The Labute approximate surface area is 104 Å². The van der Waals surface area contributed by atoms with E-state index in [1.54, 1.807) is 12.1 Å². The van der Waals surface area contributed by atoms with Gasteiger partial charge in [0.15, 0.2) is 0 Å². The molecule has 2 aromatic heterocycles. The van der Waals surface area contributed by atoms with Crippen LogP contribution in [0.15, 0.2) is 36.9 Å². The van der Waals surface area contributed by atoms with E-state index in [9.17, 15) is 4.57 Å². The first-order valence-corrected chi connectivity index (χ1v) is 4.77. The summed E-state index contributed by atoms with van der Waals surface area (Å²) in [5.41, 5.74) is 0. The molecule has 2 aromatic rings. The lowest BCUT2D eigenvalue weighted by Crippen LogP contribution is -2.11. The van der Waals surface area contributed by atoms with Gasteiger partial charge in [0.1, 0.15) is 0 Å². The second-order valence-electron chi connectivity index (χ2n) is 2.20. The topological polar surface area (TPSA) is 71.2 Å². The summed E-state index contributed by atoms with van der Waals surface area (Å²) in [5.74, 6) is 0. The minimum atomic E-state index is -2.33. The van der Waals surface area contributed by atoms with Gasteiger partial charge in [-0.25, -0.2) is 0 Å². The van der Waals surface area contributed by atoms with Crippen LogP contribution in [0.25, 0.3) is 0 Å². The molecular formula is C6H8Cl2N4O3P+. The van der Waals surface area contributed by atoms with Crippen molar-refractivity contribution in [1.82, 2.24) is 19.9 Å². The molecule has 0 bridgehead atoms. The van der Waals surface area contributed by atoms with Crippen molar-refractivity contribution in [3.63, 3.8) is 0 Å². The Kier molecular flexibility index (Phi) is 6.48. The van der Waals surface area contributed by atoms with Crippen molar-refractivity contribution in [3.8, 4) is 0 Å². The van der Waals surface area contributed by atoms with E-state index in [0.29, 0.717) is 0 Å². The molecule has 0 unspecified atom stereocenters. The van der Waals surface area contributed by atoms with Crippen LogP contribution in [0.5, 0.6) is 0 Å². The van der Waals surface area contributed by atoms with Gasteiger partial charge in [-0.2, -0.15) is 0 Å². The van der Waals surface area contributed by atoms with E-state index in [-0.39, 0.29) is 24.8 Å². The average molecular weight is 286 g/mol. The Morgan fingerprint density at radius 1 is 0.938 bits per heavy atom. The van der Waals surface area contributed by atoms with E-state index in [2.05, 4.69) is 10.2 Å². The maximum absolute atomic E-state index is 11.2. The number of hydrogen-bond donors (Lipinski definition) is 0. The van der Waals surface area contributed by atoms with Crippen LogP contribution >= 0.6 is 33.1 Å². The maximum atomic E-state index is 11.2. The van der Waals surface area contributed by atoms with Gasteiger partial charge < -0.3 is 0 Å². The van der Waals surface area contributed by atoms with Gasteiger partial charge in [0.05, 0.1) is 24.8 Å². The molecule has 88 valence electrons. The fourth-order valence-electron chi connectivity index (χ4n) is 0.758. The molecule has 16 heavy (non-hydrogen) atoms. The molecule has 0 aliphatic rings. The summed E-state index contributed by atoms with van der Waals surface area (Å²) < 4.78 is 20.7. The van der Waals surface area contributed by atoms with E-state index < -0.39 is 8.25 Å². The third kappa shape index (κ3) is 4.06. The molecule has 2 heterocycles. The highest BCUT2D eigenvalue weighted by Gasteiger charge is 2.25. The molecule has 0 radical (unpaired) electrons. The van der Waals surface area contributed by atoms with Gasteiger partial charge in [-0.05, 0) is 21.8 Å². The highest BCUT2D eigenvalue weighted by Crippen LogP contribution is 2.13. The zero-order valence-corrected chi connectivity index (χ0v) is 10.3. The van der Waals surface area contributed by atoms with Gasteiger partial charge in [-0.15, -0.1) is 35.0 Å². The number of hydrogen-bond acceptors (Lipinski definition) is 5. The highest BCUT2D eigenvalue weighted by molar-refractivity contribution is 7.33. The van der Waals surface area contributed by atoms with E-state index in [4.69, 9.17) is 9.25 Å². The summed E-state index contributed by atoms with van der Waals surface area (Å²) in [4.78, 5) is 2.09. The third-order valence-electron chi connectivity index (χ3n) is 1.26. The number of rotatable bonds is 4. The maximum Gasteiger partial charge on any atom is 0.851 e. The van der Waals surface area contributed by atoms with Crippen LogP contribution in [0, 0.1) is 0 Å². The Morgan fingerprint density at radius 2 is 1.38 bits per heavy atom. The lowest BCUT2D eigenvalue weighted by atomic mass is 10.8. The van der Waals surface area contributed by atoms with Crippen molar-refractivity contribution in [3.05, 3.63) is 36.9 Å². The first kappa shape index (κ1) is 14.7. The lowest BCUT2D eigenvalue weighted by molar-refractivity contribution is 0.158. The standard InChI is InChI=1S/C6H6N4O3P.2ClH/c11-14(12-9-5-1-3-7-9)13-10-6-2-4-8-10;;/h1-6H;2*1H/q+1;;. The van der Waals surface area contributed by atoms with Crippen LogP contribution in [-0.4, -0.2) is 19.9 Å². The molecule has 7 nitrogen and oxygen atoms in total. The van der Waals surface area contributed by atoms with Crippen LogP contribution in [-0.2, 0) is 4.57 Å². The van der Waals surface area contributed by atoms with Crippen molar-refractivity contribution in [2.45, 2.75) is 0 Å². The normalized spacial score (nSPS) is 8.50. The Bertz CT molecular complexity index is 369. The smallest absolute Gasteiger partial charge is 0.147 e. The average Bonchev–Trinajstić information content (AvgIpc) is 2.76. The van der Waals surface area contributed by atoms with Gasteiger partial charge in [0.2, 0.25) is 0 Å². The minimum Gasteiger partial charge on any atom is -0.147 e. The third-order valence-corrected chi connectivity index (χ3v) is 1.86. The minimum absolute atomic E-state index is 0. The molecule has 0 fully saturated rings. The van der Waals surface area contributed by atoms with Crippen LogP contribution in [0.2, 0.25) is 0 Å². The molecule has 2 rings (SSSR count). The summed E-state index contributed by atoms with van der Waals surface area (Å²) in [7, 11) is -2.33. The first-order chi connectivity index (χ1) is 6.84. The lowest BCUT2D eigenvalue weighted by Gasteiger charge is -1.89. The summed E-state index contributed by atoms with van der Waals surface area (Å²) in [6, 6.07) is 3.27. The molecule has 0 N–H and O–H groups in total. The molecule has 10 heteroatoms. The number of nitrogens with zero attached hydrogens (tertiary/aromatic N) is 4. The van der Waals surface area contributed by atoms with Crippen molar-refractivity contribution in [2.75, 3.05) is 0 Å². The Hall–Kier alpha value is -1.30. The summed E-state index contributed by atoms with van der Waals surface area (Å²) in [6.07, 6.45) is 5.99. The van der Waals surface area contributed by atoms with Gasteiger partial charge in [-0.1, -0.05) is 9.25 Å². The van der Waals surface area contributed by atoms with Crippen molar-refractivity contribution < 1.29 is 13.8 Å². The molecule has 0 aliphatic heterocycles. The Morgan fingerprint density at radius 3 is 1.69 bits per heavy atom. The molecule has 0 atom stereocenters. The number of aromatic nitrogens is 4.